The average molecular weight is 340 g/mol. The Morgan fingerprint density at radius 2 is 1.85 bits per heavy atom. The van der Waals surface area contributed by atoms with Gasteiger partial charge in [0.25, 0.3) is 0 Å². The largest absolute Gasteiger partial charge is 0.396 e. The van der Waals surface area contributed by atoms with E-state index >= 15 is 0 Å². The van der Waals surface area contributed by atoms with Crippen LogP contribution in [0.2, 0.25) is 10.0 Å². The van der Waals surface area contributed by atoms with E-state index in [1.54, 1.807) is 33.8 Å². The third-order valence-corrected chi connectivity index (χ3v) is 5.86. The summed E-state index contributed by atoms with van der Waals surface area (Å²) in [5.41, 5.74) is 0.233. The van der Waals surface area contributed by atoms with E-state index in [4.69, 9.17) is 28.3 Å². The van der Waals surface area contributed by atoms with Crippen LogP contribution in [0.3, 0.4) is 0 Å². The van der Waals surface area contributed by atoms with Crippen molar-refractivity contribution in [2.75, 3.05) is 6.61 Å². The maximum atomic E-state index is 12.5. The number of benzene rings is 1. The first kappa shape index (κ1) is 17.7. The molecule has 20 heavy (non-hydrogen) atoms. The number of aryl methyl sites for hydroxylation is 1. The normalized spacial score (nSPS) is 12.8. The predicted octanol–water partition coefficient (Wildman–Crippen LogP) is 3.05. The van der Waals surface area contributed by atoms with Gasteiger partial charge in [0.2, 0.25) is 10.0 Å². The minimum absolute atomic E-state index is 0.00446. The molecule has 0 aliphatic carbocycles. The fraction of sp³-hybridized carbons (Fsp3) is 0.538. The standard InChI is InChI=1S/C13H19Cl2NO3S/c1-8-7-10(14)9(2)12(11(8)15)20(18,19)16-13(3,4)5-6-17/h7,16-17H,5-6H2,1-4H3. The van der Waals surface area contributed by atoms with Gasteiger partial charge in [-0.05, 0) is 51.3 Å². The first-order valence-electron chi connectivity index (χ1n) is 6.12. The molecule has 0 aromatic heterocycles. The van der Waals surface area contributed by atoms with Crippen molar-refractivity contribution in [1.82, 2.24) is 4.72 Å². The molecular weight excluding hydrogens is 321 g/mol. The van der Waals surface area contributed by atoms with Gasteiger partial charge in [0.15, 0.2) is 0 Å². The van der Waals surface area contributed by atoms with Crippen molar-refractivity contribution in [1.29, 1.82) is 0 Å². The van der Waals surface area contributed by atoms with E-state index in [1.807, 2.05) is 0 Å². The molecule has 4 nitrogen and oxygen atoms in total. The number of aliphatic hydroxyl groups is 1. The lowest BCUT2D eigenvalue weighted by molar-refractivity contribution is 0.245. The van der Waals surface area contributed by atoms with Gasteiger partial charge in [0.05, 0.1) is 5.02 Å². The summed E-state index contributed by atoms with van der Waals surface area (Å²) in [7, 11) is -3.82. The highest BCUT2D eigenvalue weighted by Crippen LogP contribution is 2.34. The van der Waals surface area contributed by atoms with Crippen LogP contribution in [0.15, 0.2) is 11.0 Å². The molecule has 0 fully saturated rings. The van der Waals surface area contributed by atoms with Crippen LogP contribution in [0, 0.1) is 13.8 Å². The molecule has 0 radical (unpaired) electrons. The Bertz CT molecular complexity index is 586. The summed E-state index contributed by atoms with van der Waals surface area (Å²) >= 11 is 12.2. The number of hydrogen-bond acceptors (Lipinski definition) is 3. The van der Waals surface area contributed by atoms with Crippen molar-refractivity contribution in [3.05, 3.63) is 27.2 Å². The van der Waals surface area contributed by atoms with Crippen molar-refractivity contribution < 1.29 is 13.5 Å². The van der Waals surface area contributed by atoms with E-state index in [9.17, 15) is 8.42 Å². The number of sulfonamides is 1. The molecule has 0 bridgehead atoms. The Morgan fingerprint density at radius 3 is 2.35 bits per heavy atom. The minimum Gasteiger partial charge on any atom is -0.396 e. The van der Waals surface area contributed by atoms with Gasteiger partial charge in [-0.1, -0.05) is 23.2 Å². The zero-order valence-corrected chi connectivity index (χ0v) is 14.2. The number of aliphatic hydroxyl groups excluding tert-OH is 1. The average Bonchev–Trinajstić information content (AvgIpc) is 2.24. The minimum atomic E-state index is -3.82. The van der Waals surface area contributed by atoms with Crippen molar-refractivity contribution in [2.45, 2.75) is 44.6 Å². The maximum absolute atomic E-state index is 12.5. The molecule has 0 aliphatic heterocycles. The number of rotatable bonds is 5. The number of nitrogens with one attached hydrogen (secondary N) is 1. The zero-order valence-electron chi connectivity index (χ0n) is 11.9. The lowest BCUT2D eigenvalue weighted by Gasteiger charge is -2.26. The zero-order chi connectivity index (χ0) is 15.7. The third kappa shape index (κ3) is 3.86. The van der Waals surface area contributed by atoms with Gasteiger partial charge < -0.3 is 5.11 Å². The molecule has 1 aromatic carbocycles. The van der Waals surface area contributed by atoms with E-state index in [-0.39, 0.29) is 16.5 Å². The van der Waals surface area contributed by atoms with Crippen LogP contribution in [-0.2, 0) is 10.0 Å². The smallest absolute Gasteiger partial charge is 0.242 e. The molecule has 0 spiro atoms. The molecule has 0 aliphatic rings. The summed E-state index contributed by atoms with van der Waals surface area (Å²) < 4.78 is 27.6. The topological polar surface area (TPSA) is 66.4 Å². The van der Waals surface area contributed by atoms with E-state index < -0.39 is 15.6 Å². The van der Waals surface area contributed by atoms with Crippen LogP contribution < -0.4 is 4.72 Å². The second-order valence-corrected chi connectivity index (χ2v) is 7.81. The molecule has 7 heteroatoms. The number of halogens is 2. The summed E-state index contributed by atoms with van der Waals surface area (Å²) in [6.45, 7) is 6.59. The summed E-state index contributed by atoms with van der Waals surface area (Å²) in [5.74, 6) is 0. The van der Waals surface area contributed by atoms with Gasteiger partial charge >= 0.3 is 0 Å². The molecule has 0 saturated carbocycles. The molecule has 0 heterocycles. The Morgan fingerprint density at radius 1 is 1.30 bits per heavy atom. The first-order valence-corrected chi connectivity index (χ1v) is 8.36. The van der Waals surface area contributed by atoms with E-state index in [2.05, 4.69) is 4.72 Å². The lowest BCUT2D eigenvalue weighted by Crippen LogP contribution is -2.44. The summed E-state index contributed by atoms with van der Waals surface area (Å²) in [6, 6.07) is 1.64. The van der Waals surface area contributed by atoms with E-state index in [0.29, 0.717) is 22.6 Å². The number of hydrogen-bond donors (Lipinski definition) is 2. The van der Waals surface area contributed by atoms with Gasteiger partial charge in [-0.2, -0.15) is 0 Å². The first-order chi connectivity index (χ1) is 9.02. The monoisotopic (exact) mass is 339 g/mol. The van der Waals surface area contributed by atoms with Gasteiger partial charge in [-0.25, -0.2) is 13.1 Å². The Labute approximate surface area is 130 Å². The van der Waals surface area contributed by atoms with Crippen molar-refractivity contribution in [2.24, 2.45) is 0 Å². The van der Waals surface area contributed by atoms with Crippen LogP contribution in [0.4, 0.5) is 0 Å². The quantitative estimate of drug-likeness (QED) is 0.866. The third-order valence-electron chi connectivity index (χ3n) is 3.00. The fourth-order valence-electron chi connectivity index (χ4n) is 1.88. The molecule has 0 unspecified atom stereocenters. The fourth-order valence-corrected chi connectivity index (χ4v) is 4.54. The molecule has 0 saturated heterocycles. The van der Waals surface area contributed by atoms with Crippen LogP contribution >= 0.6 is 23.2 Å². The highest BCUT2D eigenvalue weighted by molar-refractivity contribution is 7.89. The highest BCUT2D eigenvalue weighted by Gasteiger charge is 2.30. The Balaban J connectivity index is 3.37. The van der Waals surface area contributed by atoms with Crippen molar-refractivity contribution in [3.8, 4) is 0 Å². The van der Waals surface area contributed by atoms with Crippen LogP contribution in [-0.4, -0.2) is 25.7 Å². The van der Waals surface area contributed by atoms with Crippen LogP contribution in [0.25, 0.3) is 0 Å². The summed E-state index contributed by atoms with van der Waals surface area (Å²) in [4.78, 5) is -0.00446. The van der Waals surface area contributed by atoms with E-state index in [0.717, 1.165) is 0 Å². The Kier molecular flexibility index (Phi) is 5.49. The van der Waals surface area contributed by atoms with Crippen LogP contribution in [0.5, 0.6) is 0 Å². The van der Waals surface area contributed by atoms with Gasteiger partial charge in [0, 0.05) is 17.2 Å². The van der Waals surface area contributed by atoms with Gasteiger partial charge in [-0.3, -0.25) is 0 Å². The molecule has 1 rings (SSSR count). The molecule has 0 amide bonds. The van der Waals surface area contributed by atoms with Gasteiger partial charge in [0.1, 0.15) is 4.90 Å². The van der Waals surface area contributed by atoms with Crippen LogP contribution in [0.1, 0.15) is 31.4 Å². The maximum Gasteiger partial charge on any atom is 0.242 e. The van der Waals surface area contributed by atoms with Gasteiger partial charge in [-0.15, -0.1) is 0 Å². The summed E-state index contributed by atoms with van der Waals surface area (Å²) in [6.07, 6.45) is 0.294. The lowest BCUT2D eigenvalue weighted by atomic mass is 10.0. The van der Waals surface area contributed by atoms with Crippen molar-refractivity contribution >= 4 is 33.2 Å². The molecule has 114 valence electrons. The molecule has 0 atom stereocenters. The molecule has 2 N–H and O–H groups in total. The Hall–Kier alpha value is -0.330. The van der Waals surface area contributed by atoms with Crippen molar-refractivity contribution in [3.63, 3.8) is 0 Å². The second kappa shape index (κ2) is 6.20. The summed E-state index contributed by atoms with van der Waals surface area (Å²) in [5, 5.41) is 9.50. The molecular formula is C13H19Cl2NO3S. The predicted molar refractivity (Wildman–Crippen MR) is 82.0 cm³/mol. The highest BCUT2D eigenvalue weighted by atomic mass is 35.5. The van der Waals surface area contributed by atoms with E-state index in [1.165, 1.54) is 0 Å². The second-order valence-electron chi connectivity index (χ2n) is 5.41. The SMILES string of the molecule is Cc1cc(Cl)c(C)c(S(=O)(=O)NC(C)(C)CCO)c1Cl. The molecule has 1 aromatic rings.